The number of ether oxygens (including phenoxy) is 1. The number of hydrogen-bond acceptors (Lipinski definition) is 2. The van der Waals surface area contributed by atoms with Crippen LogP contribution in [0.5, 0.6) is 0 Å². The maximum atomic E-state index is 14.3. The van der Waals surface area contributed by atoms with Gasteiger partial charge in [-0.15, -0.1) is 0 Å². The maximum Gasteiger partial charge on any atom is 0.222 e. The fourth-order valence-electron chi connectivity index (χ4n) is 4.80. The molecule has 1 heterocycles. The van der Waals surface area contributed by atoms with E-state index in [-0.39, 0.29) is 22.7 Å². The second-order valence-corrected chi connectivity index (χ2v) is 9.72. The van der Waals surface area contributed by atoms with Crippen LogP contribution in [-0.4, -0.2) is 29.6 Å². The molecule has 1 saturated heterocycles. The minimum Gasteiger partial charge on any atom is -0.376 e. The van der Waals surface area contributed by atoms with E-state index in [0.29, 0.717) is 31.7 Å². The second-order valence-electron chi connectivity index (χ2n) is 9.31. The van der Waals surface area contributed by atoms with Crippen LogP contribution in [0.15, 0.2) is 48.5 Å². The molecule has 3 rings (SSSR count). The van der Waals surface area contributed by atoms with Gasteiger partial charge in [0.1, 0.15) is 5.82 Å². The summed E-state index contributed by atoms with van der Waals surface area (Å²) in [5.41, 5.74) is 1.42. The highest BCUT2D eigenvalue weighted by molar-refractivity contribution is 6.31. The minimum atomic E-state index is -0.269. The molecule has 0 unspecified atom stereocenters. The van der Waals surface area contributed by atoms with E-state index in [9.17, 15) is 9.18 Å². The molecule has 0 bridgehead atoms. The van der Waals surface area contributed by atoms with Gasteiger partial charge in [-0.05, 0) is 62.6 Å². The van der Waals surface area contributed by atoms with Crippen LogP contribution in [0.2, 0.25) is 5.02 Å². The van der Waals surface area contributed by atoms with E-state index in [1.54, 1.807) is 17.0 Å². The fourth-order valence-corrected chi connectivity index (χ4v) is 5.01. The first kappa shape index (κ1) is 23.7. The van der Waals surface area contributed by atoms with Crippen molar-refractivity contribution in [2.45, 2.75) is 65.0 Å². The highest BCUT2D eigenvalue weighted by Gasteiger charge is 2.41. The van der Waals surface area contributed by atoms with Crippen LogP contribution >= 0.6 is 11.6 Å². The van der Waals surface area contributed by atoms with Crippen molar-refractivity contribution < 1.29 is 13.9 Å². The average molecular weight is 446 g/mol. The molecule has 3 nitrogen and oxygen atoms in total. The molecule has 5 heteroatoms. The number of halogens is 2. The lowest BCUT2D eigenvalue weighted by molar-refractivity contribution is -0.133. The van der Waals surface area contributed by atoms with Crippen molar-refractivity contribution >= 4 is 17.5 Å². The first-order valence-electron chi connectivity index (χ1n) is 11.1. The molecule has 1 fully saturated rings. The van der Waals surface area contributed by atoms with Gasteiger partial charge in [-0.2, -0.15) is 0 Å². The van der Waals surface area contributed by atoms with Crippen molar-refractivity contribution in [3.8, 4) is 0 Å². The summed E-state index contributed by atoms with van der Waals surface area (Å²) in [6, 6.07) is 14.7. The Morgan fingerprint density at radius 2 is 1.81 bits per heavy atom. The lowest BCUT2D eigenvalue weighted by Crippen LogP contribution is -2.44. The summed E-state index contributed by atoms with van der Waals surface area (Å²) in [7, 11) is 0. The van der Waals surface area contributed by atoms with Gasteiger partial charge < -0.3 is 9.64 Å². The topological polar surface area (TPSA) is 29.5 Å². The number of amides is 1. The van der Waals surface area contributed by atoms with Crippen molar-refractivity contribution in [2.75, 3.05) is 13.2 Å². The summed E-state index contributed by atoms with van der Waals surface area (Å²) in [6.07, 6.45) is 3.87. The van der Waals surface area contributed by atoms with E-state index in [0.717, 1.165) is 36.3 Å². The fraction of sp³-hybridized carbons (Fsp3) is 0.500. The van der Waals surface area contributed by atoms with Gasteiger partial charge in [-0.25, -0.2) is 4.39 Å². The molecule has 2 aromatic rings. The third kappa shape index (κ3) is 6.30. The van der Waals surface area contributed by atoms with E-state index in [1.165, 1.54) is 6.07 Å². The molecule has 0 saturated carbocycles. The van der Waals surface area contributed by atoms with Gasteiger partial charge in [0.25, 0.3) is 0 Å². The molecule has 1 amide bonds. The van der Waals surface area contributed by atoms with Gasteiger partial charge in [0, 0.05) is 36.7 Å². The van der Waals surface area contributed by atoms with Crippen LogP contribution in [0.25, 0.3) is 0 Å². The molecule has 1 aliphatic rings. The van der Waals surface area contributed by atoms with Gasteiger partial charge in [0.15, 0.2) is 0 Å². The summed E-state index contributed by atoms with van der Waals surface area (Å²) in [5.74, 6) is -0.225. The Morgan fingerprint density at radius 1 is 1.13 bits per heavy atom. The summed E-state index contributed by atoms with van der Waals surface area (Å²) < 4.78 is 20.3. The van der Waals surface area contributed by atoms with E-state index >= 15 is 0 Å². The zero-order chi connectivity index (χ0) is 22.5. The number of carbonyl (C=O) groups excluding carboxylic acids is 1. The Morgan fingerprint density at radius 3 is 2.45 bits per heavy atom. The van der Waals surface area contributed by atoms with Crippen LogP contribution in [0, 0.1) is 11.2 Å². The number of nitrogens with zero attached hydrogens (tertiary/aromatic N) is 1. The molecule has 31 heavy (non-hydrogen) atoms. The number of hydrogen-bond donors (Lipinski definition) is 0. The Labute approximate surface area is 190 Å². The molecule has 2 aromatic carbocycles. The largest absolute Gasteiger partial charge is 0.376 e. The molecule has 0 spiro atoms. The number of carbonyl (C=O) groups is 1. The lowest BCUT2D eigenvalue weighted by Gasteiger charge is -2.46. The van der Waals surface area contributed by atoms with Crippen molar-refractivity contribution in [1.82, 2.24) is 4.90 Å². The van der Waals surface area contributed by atoms with E-state index < -0.39 is 0 Å². The molecule has 1 aliphatic heterocycles. The third-order valence-electron chi connectivity index (χ3n) is 6.34. The Hall–Kier alpha value is -1.91. The highest BCUT2D eigenvalue weighted by Crippen LogP contribution is 2.45. The average Bonchev–Trinajstić information content (AvgIpc) is 2.73. The Balaban J connectivity index is 1.82. The summed E-state index contributed by atoms with van der Waals surface area (Å²) >= 11 is 6.50. The van der Waals surface area contributed by atoms with Crippen LogP contribution in [0.1, 0.15) is 57.6 Å². The van der Waals surface area contributed by atoms with E-state index in [1.807, 2.05) is 31.2 Å². The Kier molecular flexibility index (Phi) is 7.77. The normalized spacial score (nSPS) is 20.4. The minimum absolute atomic E-state index is 0.0335. The van der Waals surface area contributed by atoms with Crippen molar-refractivity contribution in [3.05, 3.63) is 70.5 Å². The quantitative estimate of drug-likeness (QED) is 0.468. The SMILES string of the molecule is CCC(=O)N(CC[C@]1(Cc2ccccc2Cl)CCOC(C)(C)C1)Cc1ccccc1F. The first-order chi connectivity index (χ1) is 14.7. The number of rotatable bonds is 8. The van der Waals surface area contributed by atoms with Gasteiger partial charge in [0.05, 0.1) is 5.60 Å². The van der Waals surface area contributed by atoms with Gasteiger partial charge in [-0.1, -0.05) is 54.9 Å². The predicted octanol–water partition coefficient (Wildman–Crippen LogP) is 6.43. The van der Waals surface area contributed by atoms with Gasteiger partial charge in [-0.3, -0.25) is 4.79 Å². The van der Waals surface area contributed by atoms with Crippen molar-refractivity contribution in [2.24, 2.45) is 5.41 Å². The molecular formula is C26H33ClFNO2. The zero-order valence-corrected chi connectivity index (χ0v) is 19.6. The maximum absolute atomic E-state index is 14.3. The summed E-state index contributed by atoms with van der Waals surface area (Å²) in [5, 5.41) is 0.777. The smallest absolute Gasteiger partial charge is 0.222 e. The molecule has 168 valence electrons. The van der Waals surface area contributed by atoms with Crippen LogP contribution in [-0.2, 0) is 22.5 Å². The molecule has 1 atom stereocenters. The zero-order valence-electron chi connectivity index (χ0n) is 18.8. The van der Waals surface area contributed by atoms with Gasteiger partial charge in [0.2, 0.25) is 5.91 Å². The monoisotopic (exact) mass is 445 g/mol. The van der Waals surface area contributed by atoms with E-state index in [4.69, 9.17) is 16.3 Å². The highest BCUT2D eigenvalue weighted by atomic mass is 35.5. The molecule has 0 N–H and O–H groups in total. The molecule has 0 aromatic heterocycles. The summed E-state index contributed by atoms with van der Waals surface area (Å²) in [4.78, 5) is 14.5. The van der Waals surface area contributed by atoms with Crippen LogP contribution in [0.3, 0.4) is 0 Å². The molecule has 0 radical (unpaired) electrons. The van der Waals surface area contributed by atoms with Crippen LogP contribution in [0.4, 0.5) is 4.39 Å². The molecule has 0 aliphatic carbocycles. The number of benzene rings is 2. The predicted molar refractivity (Wildman–Crippen MR) is 124 cm³/mol. The van der Waals surface area contributed by atoms with Crippen LogP contribution < -0.4 is 0 Å². The third-order valence-corrected chi connectivity index (χ3v) is 6.70. The molecular weight excluding hydrogens is 413 g/mol. The van der Waals surface area contributed by atoms with E-state index in [2.05, 4.69) is 19.9 Å². The summed E-state index contributed by atoms with van der Waals surface area (Å²) in [6.45, 7) is 7.67. The standard InChI is InChI=1S/C26H33ClFNO2/c1-4-24(30)29(18-21-10-6-8-12-23(21)28)15-13-26(14-16-31-25(2,3)19-26)17-20-9-5-7-11-22(20)27/h5-12H,4,13-19H2,1-3H3/t26-/m1/s1. The van der Waals surface area contributed by atoms with Gasteiger partial charge >= 0.3 is 0 Å². The lowest BCUT2D eigenvalue weighted by atomic mass is 9.68. The first-order valence-corrected chi connectivity index (χ1v) is 11.5. The van der Waals surface area contributed by atoms with Crippen molar-refractivity contribution in [1.29, 1.82) is 0 Å². The van der Waals surface area contributed by atoms with Crippen molar-refractivity contribution in [3.63, 3.8) is 0 Å². The Bertz CT molecular complexity index is 900. The second kappa shape index (κ2) is 10.1.